The summed E-state index contributed by atoms with van der Waals surface area (Å²) in [6, 6.07) is 0. The number of phosphoric acid groups is 1. The Bertz CT molecular complexity index is 1220. The summed E-state index contributed by atoms with van der Waals surface area (Å²) >= 11 is 0. The lowest BCUT2D eigenvalue weighted by molar-refractivity contribution is -0.161. The van der Waals surface area contributed by atoms with Gasteiger partial charge in [0, 0.05) is 19.4 Å². The van der Waals surface area contributed by atoms with Crippen LogP contribution in [0.4, 0.5) is 0 Å². The minimum absolute atomic E-state index is 0.0495. The lowest BCUT2D eigenvalue weighted by Gasteiger charge is -2.19. The first-order valence-corrected chi connectivity index (χ1v) is 27.3. The van der Waals surface area contributed by atoms with E-state index in [1.165, 1.54) is 122 Å². The van der Waals surface area contributed by atoms with Crippen molar-refractivity contribution in [2.75, 3.05) is 26.4 Å². The molecule has 366 valence electrons. The van der Waals surface area contributed by atoms with Crippen LogP contribution in [0.1, 0.15) is 232 Å². The average Bonchev–Trinajstić information content (AvgIpc) is 3.27. The molecule has 0 bridgehead atoms. The van der Waals surface area contributed by atoms with Crippen molar-refractivity contribution in [3.63, 3.8) is 0 Å². The van der Waals surface area contributed by atoms with Gasteiger partial charge in [-0.15, -0.1) is 0 Å². The number of ether oxygens (including phenoxy) is 2. The van der Waals surface area contributed by atoms with E-state index in [0.717, 1.165) is 77.0 Å². The monoisotopic (exact) mass is 906 g/mol. The van der Waals surface area contributed by atoms with Crippen LogP contribution < -0.4 is 5.73 Å². The molecule has 0 radical (unpaired) electrons. The summed E-state index contributed by atoms with van der Waals surface area (Å²) in [4.78, 5) is 35.0. The second kappa shape index (κ2) is 49.2. The van der Waals surface area contributed by atoms with Gasteiger partial charge in [0.05, 0.1) is 13.2 Å². The zero-order valence-electron chi connectivity index (χ0n) is 40.6. The van der Waals surface area contributed by atoms with Crippen LogP contribution >= 0.6 is 7.82 Å². The summed E-state index contributed by atoms with van der Waals surface area (Å²) in [5.41, 5.74) is 5.37. The van der Waals surface area contributed by atoms with Gasteiger partial charge in [0.15, 0.2) is 6.10 Å². The molecule has 0 aromatic heterocycles. The Morgan fingerprint density at radius 2 is 0.825 bits per heavy atom. The van der Waals surface area contributed by atoms with Crippen molar-refractivity contribution in [1.82, 2.24) is 0 Å². The fourth-order valence-electron chi connectivity index (χ4n) is 7.03. The molecule has 0 amide bonds. The van der Waals surface area contributed by atoms with Crippen molar-refractivity contribution < 1.29 is 37.6 Å². The summed E-state index contributed by atoms with van der Waals surface area (Å²) in [5.74, 6) is -0.840. The molecule has 2 atom stereocenters. The number of carbonyl (C=O) groups excluding carboxylic acids is 2. The first-order chi connectivity index (χ1) is 30.8. The SMILES string of the molecule is CCCCC/C=C\C/C=C\CCCCCCCCCC(=O)OCC(COP(=O)(O)OCCN)OC(=O)CCCCCCCCCCCC/C=C\C/C=C\C/C=C\CCCCCCC. The number of unbranched alkanes of at least 4 members (excludes halogenated alkanes) is 25. The second-order valence-electron chi connectivity index (χ2n) is 17.0. The van der Waals surface area contributed by atoms with Crippen molar-refractivity contribution in [2.45, 2.75) is 238 Å². The molecular weight excluding hydrogens is 810 g/mol. The number of nitrogens with two attached hydrogens (primary N) is 1. The number of hydrogen-bond donors (Lipinski definition) is 2. The molecule has 0 aliphatic rings. The fraction of sp³-hybridized carbons (Fsp3) is 0.774. The highest BCUT2D eigenvalue weighted by Crippen LogP contribution is 2.43. The van der Waals surface area contributed by atoms with Gasteiger partial charge in [0.1, 0.15) is 6.61 Å². The molecule has 0 saturated carbocycles. The van der Waals surface area contributed by atoms with Gasteiger partial charge in [-0.1, -0.05) is 197 Å². The van der Waals surface area contributed by atoms with Gasteiger partial charge >= 0.3 is 19.8 Å². The third-order valence-corrected chi connectivity index (χ3v) is 11.9. The largest absolute Gasteiger partial charge is 0.472 e. The number of rotatable bonds is 48. The Labute approximate surface area is 387 Å². The van der Waals surface area contributed by atoms with Gasteiger partial charge in [-0.2, -0.15) is 0 Å². The fourth-order valence-corrected chi connectivity index (χ4v) is 7.79. The molecule has 0 rings (SSSR count). The van der Waals surface area contributed by atoms with Crippen molar-refractivity contribution in [3.05, 3.63) is 60.8 Å². The summed E-state index contributed by atoms with van der Waals surface area (Å²) in [6.45, 7) is 3.70. The molecule has 0 aliphatic heterocycles. The molecule has 9 nitrogen and oxygen atoms in total. The van der Waals surface area contributed by atoms with Gasteiger partial charge in [0.2, 0.25) is 0 Å². The first kappa shape index (κ1) is 60.7. The number of hydrogen-bond acceptors (Lipinski definition) is 8. The third kappa shape index (κ3) is 49.0. The van der Waals surface area contributed by atoms with Gasteiger partial charge in [-0.25, -0.2) is 4.57 Å². The first-order valence-electron chi connectivity index (χ1n) is 25.8. The van der Waals surface area contributed by atoms with E-state index < -0.39 is 32.5 Å². The summed E-state index contributed by atoms with van der Waals surface area (Å²) in [7, 11) is -4.39. The topological polar surface area (TPSA) is 134 Å². The van der Waals surface area contributed by atoms with Crippen LogP contribution in [0.15, 0.2) is 60.8 Å². The molecule has 2 unspecified atom stereocenters. The lowest BCUT2D eigenvalue weighted by Crippen LogP contribution is -2.29. The van der Waals surface area contributed by atoms with E-state index in [0.29, 0.717) is 6.42 Å². The third-order valence-electron chi connectivity index (χ3n) is 10.9. The minimum Gasteiger partial charge on any atom is -0.462 e. The molecule has 0 aliphatic carbocycles. The van der Waals surface area contributed by atoms with Gasteiger partial charge in [-0.05, 0) is 83.5 Å². The molecule has 0 heterocycles. The standard InChI is InChI=1S/C53H96NO8P/c1-3-5-7-9-11-13-15-17-19-21-22-23-24-25-26-27-28-30-32-34-36-38-40-42-44-46-53(56)62-51(50-61-63(57,58)60-48-47-54)49-59-52(55)45-43-41-39-37-35-33-31-29-20-18-16-14-12-10-8-6-4-2/h12,14-15,17-18,20-22,24-25,51H,3-11,13,16,19,23,26-50,54H2,1-2H3,(H,57,58)/b14-12-,17-15-,20-18-,22-21-,25-24-. The molecule has 0 aromatic rings. The van der Waals surface area contributed by atoms with Crippen molar-refractivity contribution in [3.8, 4) is 0 Å². The van der Waals surface area contributed by atoms with Crippen LogP contribution in [-0.2, 0) is 32.7 Å². The number of esters is 2. The Morgan fingerprint density at radius 3 is 1.25 bits per heavy atom. The summed E-state index contributed by atoms with van der Waals surface area (Å²) in [6.07, 6.45) is 59.7. The van der Waals surface area contributed by atoms with E-state index in [1.807, 2.05) is 0 Å². The lowest BCUT2D eigenvalue weighted by atomic mass is 10.0. The van der Waals surface area contributed by atoms with E-state index in [4.69, 9.17) is 24.3 Å². The highest BCUT2D eigenvalue weighted by molar-refractivity contribution is 7.47. The number of allylic oxidation sites excluding steroid dienone is 10. The molecular formula is C53H96NO8P. The van der Waals surface area contributed by atoms with Crippen molar-refractivity contribution in [1.29, 1.82) is 0 Å². The highest BCUT2D eigenvalue weighted by atomic mass is 31.2. The molecule has 3 N–H and O–H groups in total. The zero-order chi connectivity index (χ0) is 46.0. The van der Waals surface area contributed by atoms with Crippen LogP contribution in [0, 0.1) is 0 Å². The van der Waals surface area contributed by atoms with E-state index in [2.05, 4.69) is 74.6 Å². The smallest absolute Gasteiger partial charge is 0.462 e. The predicted octanol–water partition coefficient (Wildman–Crippen LogP) is 15.6. The Kier molecular flexibility index (Phi) is 47.4. The second-order valence-corrected chi connectivity index (χ2v) is 18.5. The maximum atomic E-state index is 12.7. The Balaban J connectivity index is 4.06. The van der Waals surface area contributed by atoms with E-state index in [9.17, 15) is 19.0 Å². The molecule has 10 heteroatoms. The Hall–Kier alpha value is -2.29. The van der Waals surface area contributed by atoms with E-state index in [1.54, 1.807) is 0 Å². The molecule has 0 fully saturated rings. The van der Waals surface area contributed by atoms with E-state index >= 15 is 0 Å². The van der Waals surface area contributed by atoms with Crippen LogP contribution in [0.2, 0.25) is 0 Å². The normalized spacial score (nSPS) is 13.7. The molecule has 0 spiro atoms. The molecule has 0 aromatic carbocycles. The minimum atomic E-state index is -4.39. The van der Waals surface area contributed by atoms with Gasteiger partial charge in [0.25, 0.3) is 0 Å². The van der Waals surface area contributed by atoms with Crippen LogP contribution in [0.25, 0.3) is 0 Å². The Morgan fingerprint density at radius 1 is 0.476 bits per heavy atom. The van der Waals surface area contributed by atoms with E-state index in [-0.39, 0.29) is 32.6 Å². The number of carbonyl (C=O) groups is 2. The van der Waals surface area contributed by atoms with Crippen LogP contribution in [0.3, 0.4) is 0 Å². The zero-order valence-corrected chi connectivity index (χ0v) is 41.4. The quantitative estimate of drug-likeness (QED) is 0.0265. The summed E-state index contributed by atoms with van der Waals surface area (Å²) in [5, 5.41) is 0. The van der Waals surface area contributed by atoms with Crippen molar-refractivity contribution in [2.24, 2.45) is 5.73 Å². The molecule has 63 heavy (non-hydrogen) atoms. The maximum Gasteiger partial charge on any atom is 0.472 e. The maximum absolute atomic E-state index is 12.7. The van der Waals surface area contributed by atoms with Gasteiger partial charge in [-0.3, -0.25) is 18.6 Å². The predicted molar refractivity (Wildman–Crippen MR) is 266 cm³/mol. The molecule has 0 saturated heterocycles. The van der Waals surface area contributed by atoms with Crippen LogP contribution in [0.5, 0.6) is 0 Å². The van der Waals surface area contributed by atoms with Gasteiger partial charge < -0.3 is 20.1 Å². The van der Waals surface area contributed by atoms with Crippen molar-refractivity contribution >= 4 is 19.8 Å². The average molecular weight is 906 g/mol. The number of phosphoric ester groups is 1. The summed E-state index contributed by atoms with van der Waals surface area (Å²) < 4.78 is 32.9. The van der Waals surface area contributed by atoms with Crippen LogP contribution in [-0.4, -0.2) is 49.3 Å². The highest BCUT2D eigenvalue weighted by Gasteiger charge is 2.26.